The van der Waals surface area contributed by atoms with Gasteiger partial charge in [0.2, 0.25) is 0 Å². The molecule has 0 fully saturated rings. The minimum atomic E-state index is -0.993. The van der Waals surface area contributed by atoms with Crippen LogP contribution in [-0.2, 0) is 0 Å². The zero-order chi connectivity index (χ0) is 13.8. The lowest BCUT2D eigenvalue weighted by Gasteiger charge is -2.26. The van der Waals surface area contributed by atoms with Gasteiger partial charge in [0, 0.05) is 7.05 Å². The molecule has 0 atom stereocenters. The molecule has 0 aliphatic heterocycles. The van der Waals surface area contributed by atoms with Gasteiger partial charge in [-0.3, -0.25) is 10.1 Å². The molecule has 8 heteroatoms. The normalized spacial score (nSPS) is 11.1. The molecule has 1 rings (SSSR count). The second-order valence-electron chi connectivity index (χ2n) is 4.10. The molecule has 8 nitrogen and oxygen atoms in total. The number of rotatable bonds is 6. The van der Waals surface area contributed by atoms with Crippen molar-refractivity contribution in [2.24, 2.45) is 0 Å². The van der Waals surface area contributed by atoms with Crippen LogP contribution >= 0.6 is 0 Å². The largest absolute Gasteiger partial charge is 0.394 e. The smallest absolute Gasteiger partial charge is 0.276 e. The third-order valence-electron chi connectivity index (χ3n) is 2.40. The number of nitro groups is 1. The Morgan fingerprint density at radius 2 is 1.94 bits per heavy atom. The first-order valence-corrected chi connectivity index (χ1v) is 5.28. The predicted octanol–water partition coefficient (Wildman–Crippen LogP) is 0.187. The van der Waals surface area contributed by atoms with Gasteiger partial charge in [-0.2, -0.15) is 0 Å². The Bertz CT molecular complexity index is 434. The second-order valence-corrected chi connectivity index (χ2v) is 4.10. The van der Waals surface area contributed by atoms with Crippen LogP contribution in [0.3, 0.4) is 0 Å². The fourth-order valence-corrected chi connectivity index (χ4v) is 1.25. The molecule has 1 heterocycles. The first-order chi connectivity index (χ1) is 8.44. The predicted molar refractivity (Wildman–Crippen MR) is 66.6 cm³/mol. The van der Waals surface area contributed by atoms with Crippen molar-refractivity contribution < 1.29 is 15.1 Å². The summed E-state index contributed by atoms with van der Waals surface area (Å²) < 4.78 is 0. The van der Waals surface area contributed by atoms with Crippen LogP contribution in [0.25, 0.3) is 0 Å². The highest BCUT2D eigenvalue weighted by molar-refractivity contribution is 5.55. The topological polar surface area (TPSA) is 121 Å². The zero-order valence-electron chi connectivity index (χ0n) is 10.2. The van der Waals surface area contributed by atoms with Gasteiger partial charge in [0.05, 0.1) is 35.8 Å². The van der Waals surface area contributed by atoms with E-state index in [1.54, 1.807) is 14.0 Å². The van der Waals surface area contributed by atoms with Gasteiger partial charge in [0.15, 0.2) is 0 Å². The summed E-state index contributed by atoms with van der Waals surface area (Å²) in [5.74, 6) is 0.532. The molecule has 0 amide bonds. The Morgan fingerprint density at radius 1 is 1.39 bits per heavy atom. The summed E-state index contributed by atoms with van der Waals surface area (Å²) in [6.45, 7) is 0.915. The van der Waals surface area contributed by atoms with Crippen molar-refractivity contribution in [3.05, 3.63) is 22.2 Å². The highest BCUT2D eigenvalue weighted by Crippen LogP contribution is 2.22. The fourth-order valence-electron chi connectivity index (χ4n) is 1.25. The lowest BCUT2D eigenvalue weighted by Crippen LogP contribution is -2.42. The van der Waals surface area contributed by atoms with Crippen molar-refractivity contribution in [2.75, 3.05) is 30.9 Å². The summed E-state index contributed by atoms with van der Waals surface area (Å²) in [5, 5.41) is 34.5. The van der Waals surface area contributed by atoms with Crippen molar-refractivity contribution in [2.45, 2.75) is 12.5 Å². The number of aliphatic hydroxyl groups is 2. The van der Waals surface area contributed by atoms with Gasteiger partial charge in [0.25, 0.3) is 5.69 Å². The van der Waals surface area contributed by atoms with Crippen LogP contribution in [0.5, 0.6) is 0 Å². The van der Waals surface area contributed by atoms with E-state index >= 15 is 0 Å². The Balaban J connectivity index is 3.08. The summed E-state index contributed by atoms with van der Waals surface area (Å²) in [5.41, 5.74) is -1.12. The Kier molecular flexibility index (Phi) is 4.40. The maximum atomic E-state index is 10.7. The highest BCUT2D eigenvalue weighted by atomic mass is 16.6. The number of hydrogen-bond donors (Lipinski definition) is 4. The van der Waals surface area contributed by atoms with E-state index < -0.39 is 10.5 Å². The molecule has 0 aliphatic carbocycles. The molecule has 1 aromatic heterocycles. The SMILES string of the molecule is CNc1cc([N+](=O)[O-])cc(NC(C)(CO)CO)n1. The number of aliphatic hydroxyl groups excluding tert-OH is 2. The number of nitrogens with zero attached hydrogens (tertiary/aromatic N) is 2. The number of hydrogen-bond acceptors (Lipinski definition) is 7. The first-order valence-electron chi connectivity index (χ1n) is 5.28. The van der Waals surface area contributed by atoms with Crippen molar-refractivity contribution in [1.82, 2.24) is 4.98 Å². The highest BCUT2D eigenvalue weighted by Gasteiger charge is 2.23. The third kappa shape index (κ3) is 3.28. The maximum absolute atomic E-state index is 10.7. The molecule has 18 heavy (non-hydrogen) atoms. The molecule has 0 aliphatic rings. The van der Waals surface area contributed by atoms with Crippen molar-refractivity contribution >= 4 is 17.3 Å². The molecule has 0 radical (unpaired) electrons. The molecule has 4 N–H and O–H groups in total. The third-order valence-corrected chi connectivity index (χ3v) is 2.40. The van der Waals surface area contributed by atoms with Crippen molar-refractivity contribution in [1.29, 1.82) is 0 Å². The van der Waals surface area contributed by atoms with Gasteiger partial charge < -0.3 is 20.8 Å². The monoisotopic (exact) mass is 256 g/mol. The number of aromatic nitrogens is 1. The van der Waals surface area contributed by atoms with E-state index in [0.29, 0.717) is 5.82 Å². The van der Waals surface area contributed by atoms with Gasteiger partial charge in [-0.1, -0.05) is 0 Å². The average molecular weight is 256 g/mol. The molecular formula is C10H16N4O4. The molecule has 1 aromatic rings. The molecule has 0 saturated heterocycles. The minimum absolute atomic E-state index is 0.130. The number of pyridine rings is 1. The average Bonchev–Trinajstić information content (AvgIpc) is 2.38. The summed E-state index contributed by atoms with van der Waals surface area (Å²) in [6, 6.07) is 2.53. The molecular weight excluding hydrogens is 240 g/mol. The quantitative estimate of drug-likeness (QED) is 0.423. The van der Waals surface area contributed by atoms with Crippen molar-refractivity contribution in [3.63, 3.8) is 0 Å². The van der Waals surface area contributed by atoms with Crippen LogP contribution in [0, 0.1) is 10.1 Å². The van der Waals surface area contributed by atoms with Gasteiger partial charge >= 0.3 is 0 Å². The van der Waals surface area contributed by atoms with E-state index in [4.69, 9.17) is 10.2 Å². The zero-order valence-corrected chi connectivity index (χ0v) is 10.2. The standard InChI is InChI=1S/C10H16N4O4/c1-10(5-15,6-16)13-9-4-7(14(17)18)3-8(11-2)12-9/h3-4,15-16H,5-6H2,1-2H3,(H2,11,12,13). The van der Waals surface area contributed by atoms with Gasteiger partial charge in [-0.05, 0) is 6.92 Å². The van der Waals surface area contributed by atoms with Crippen molar-refractivity contribution in [3.8, 4) is 0 Å². The second kappa shape index (κ2) is 5.61. The van der Waals surface area contributed by atoms with Gasteiger partial charge in [0.1, 0.15) is 11.6 Å². The molecule has 100 valence electrons. The van der Waals surface area contributed by atoms with E-state index in [2.05, 4.69) is 15.6 Å². The Morgan fingerprint density at radius 3 is 2.39 bits per heavy atom. The molecule has 0 aromatic carbocycles. The van der Waals surface area contributed by atoms with Crippen LogP contribution in [0.15, 0.2) is 12.1 Å². The van der Waals surface area contributed by atoms with E-state index in [9.17, 15) is 10.1 Å². The van der Waals surface area contributed by atoms with E-state index in [0.717, 1.165) is 0 Å². The van der Waals surface area contributed by atoms with Crippen LogP contribution in [-0.4, -0.2) is 45.9 Å². The maximum Gasteiger partial charge on any atom is 0.276 e. The van der Waals surface area contributed by atoms with Crippen LogP contribution in [0.4, 0.5) is 17.3 Å². The minimum Gasteiger partial charge on any atom is -0.394 e. The number of anilines is 2. The molecule has 0 unspecified atom stereocenters. The van der Waals surface area contributed by atoms with E-state index in [-0.39, 0.29) is 24.7 Å². The number of nitrogens with one attached hydrogen (secondary N) is 2. The first kappa shape index (κ1) is 14.1. The lowest BCUT2D eigenvalue weighted by molar-refractivity contribution is -0.384. The molecule has 0 spiro atoms. The van der Waals surface area contributed by atoms with Crippen LogP contribution in [0.2, 0.25) is 0 Å². The Labute approximate surface area is 104 Å². The van der Waals surface area contributed by atoms with Crippen LogP contribution in [0.1, 0.15) is 6.92 Å². The summed E-state index contributed by atoms with van der Waals surface area (Å²) in [4.78, 5) is 14.3. The van der Waals surface area contributed by atoms with Crippen LogP contribution < -0.4 is 10.6 Å². The summed E-state index contributed by atoms with van der Waals surface area (Å²) >= 11 is 0. The van der Waals surface area contributed by atoms with E-state index in [1.807, 2.05) is 0 Å². The Hall–Kier alpha value is -1.93. The van der Waals surface area contributed by atoms with Gasteiger partial charge in [-0.15, -0.1) is 0 Å². The summed E-state index contributed by atoms with van der Waals surface area (Å²) in [6.07, 6.45) is 0. The molecule has 0 saturated carbocycles. The fraction of sp³-hybridized carbons (Fsp3) is 0.500. The summed E-state index contributed by atoms with van der Waals surface area (Å²) in [7, 11) is 1.59. The van der Waals surface area contributed by atoms with E-state index in [1.165, 1.54) is 12.1 Å². The molecule has 0 bridgehead atoms. The lowest BCUT2D eigenvalue weighted by atomic mass is 10.1. The van der Waals surface area contributed by atoms with Gasteiger partial charge in [-0.25, -0.2) is 4.98 Å².